The first kappa shape index (κ1) is 21.3. The molecule has 146 valence electrons. The maximum atomic E-state index is 12.7. The number of benzene rings is 2. The van der Waals surface area contributed by atoms with Gasteiger partial charge in [0, 0.05) is 11.8 Å². The van der Waals surface area contributed by atoms with Crippen LogP contribution in [0.2, 0.25) is 0 Å². The van der Waals surface area contributed by atoms with Gasteiger partial charge in [-0.25, -0.2) is 13.1 Å². The largest absolute Gasteiger partial charge is 0.492 e. The molecule has 2 aromatic carbocycles. The first-order valence-corrected chi connectivity index (χ1v) is 11.1. The Morgan fingerprint density at radius 2 is 1.85 bits per heavy atom. The summed E-state index contributed by atoms with van der Waals surface area (Å²) in [7, 11) is -3.74. The highest BCUT2D eigenvalue weighted by molar-refractivity contribution is 7.98. The van der Waals surface area contributed by atoms with Gasteiger partial charge in [-0.3, -0.25) is 4.79 Å². The van der Waals surface area contributed by atoms with Crippen molar-refractivity contribution in [3.63, 3.8) is 0 Å². The number of carbonyl (C=O) groups is 1. The lowest BCUT2D eigenvalue weighted by atomic mass is 10.2. The van der Waals surface area contributed by atoms with Crippen molar-refractivity contribution in [2.75, 3.05) is 18.2 Å². The number of sulfonamides is 1. The number of hydrogen-bond acceptors (Lipinski definition) is 5. The van der Waals surface area contributed by atoms with Crippen molar-refractivity contribution in [2.24, 2.45) is 0 Å². The van der Waals surface area contributed by atoms with Crippen LogP contribution in [-0.2, 0) is 14.8 Å². The highest BCUT2D eigenvalue weighted by Gasteiger charge is 2.19. The summed E-state index contributed by atoms with van der Waals surface area (Å²) in [5.74, 6) is 0.427. The second-order valence-corrected chi connectivity index (χ2v) is 8.75. The maximum Gasteiger partial charge on any atom is 0.241 e. The van der Waals surface area contributed by atoms with Crippen molar-refractivity contribution in [2.45, 2.75) is 36.6 Å². The molecular weight excluding hydrogens is 384 g/mol. The number of carbonyl (C=O) groups excluding carboxylic acids is 1. The van der Waals surface area contributed by atoms with Gasteiger partial charge in [0.1, 0.15) is 12.4 Å². The van der Waals surface area contributed by atoms with E-state index in [0.717, 1.165) is 10.5 Å². The number of nitrogens with one attached hydrogen (secondary N) is 2. The summed E-state index contributed by atoms with van der Waals surface area (Å²) < 4.78 is 33.5. The van der Waals surface area contributed by atoms with E-state index in [2.05, 4.69) is 10.0 Å². The Morgan fingerprint density at radius 1 is 1.19 bits per heavy atom. The summed E-state index contributed by atoms with van der Waals surface area (Å²) in [4.78, 5) is 12.2. The number of anilines is 1. The van der Waals surface area contributed by atoms with E-state index in [1.807, 2.05) is 37.4 Å². The predicted octanol–water partition coefficient (Wildman–Crippen LogP) is 3.42. The van der Waals surface area contributed by atoms with Gasteiger partial charge in [-0.05, 0) is 50.4 Å². The highest BCUT2D eigenvalue weighted by Crippen LogP contribution is 2.28. The highest BCUT2D eigenvalue weighted by atomic mass is 32.2. The third-order valence-corrected chi connectivity index (χ3v) is 6.05. The number of rotatable bonds is 8. The molecule has 0 aromatic heterocycles. The third kappa shape index (κ3) is 6.27. The van der Waals surface area contributed by atoms with E-state index in [9.17, 15) is 13.2 Å². The van der Waals surface area contributed by atoms with Crippen LogP contribution in [0, 0.1) is 6.92 Å². The van der Waals surface area contributed by atoms with Gasteiger partial charge >= 0.3 is 0 Å². The lowest BCUT2D eigenvalue weighted by Gasteiger charge is -2.16. The number of hydrogen-bond donors (Lipinski definition) is 2. The van der Waals surface area contributed by atoms with Crippen LogP contribution in [0.4, 0.5) is 5.69 Å². The van der Waals surface area contributed by atoms with E-state index < -0.39 is 16.1 Å². The molecule has 27 heavy (non-hydrogen) atoms. The van der Waals surface area contributed by atoms with Gasteiger partial charge in [0.25, 0.3) is 0 Å². The van der Waals surface area contributed by atoms with E-state index >= 15 is 0 Å². The second-order valence-electron chi connectivity index (χ2n) is 6.19. The molecule has 8 heteroatoms. The van der Waals surface area contributed by atoms with Crippen LogP contribution >= 0.6 is 11.8 Å². The fourth-order valence-electron chi connectivity index (χ4n) is 2.36. The monoisotopic (exact) mass is 408 g/mol. The number of ether oxygens (including phenoxy) is 1. The zero-order valence-corrected chi connectivity index (χ0v) is 17.4. The molecule has 2 rings (SSSR count). The molecule has 2 aromatic rings. The average Bonchev–Trinajstić information content (AvgIpc) is 2.60. The van der Waals surface area contributed by atoms with Gasteiger partial charge in [-0.2, -0.15) is 0 Å². The Hall–Kier alpha value is -2.03. The van der Waals surface area contributed by atoms with Gasteiger partial charge in [0.2, 0.25) is 15.9 Å². The van der Waals surface area contributed by atoms with Crippen LogP contribution < -0.4 is 14.8 Å². The van der Waals surface area contributed by atoms with Gasteiger partial charge in [0.15, 0.2) is 0 Å². The molecule has 0 fully saturated rings. The van der Waals surface area contributed by atoms with Crippen LogP contribution in [0.25, 0.3) is 0 Å². The van der Waals surface area contributed by atoms with Crippen LogP contribution in [0.1, 0.15) is 19.4 Å². The molecule has 0 saturated heterocycles. The topological polar surface area (TPSA) is 84.5 Å². The molecule has 1 unspecified atom stereocenters. The Morgan fingerprint density at radius 3 is 2.44 bits per heavy atom. The minimum absolute atomic E-state index is 0.0891. The average molecular weight is 409 g/mol. The zero-order chi connectivity index (χ0) is 20.0. The Kier molecular flexibility index (Phi) is 7.29. The number of thioether (sulfide) groups is 1. The van der Waals surface area contributed by atoms with Gasteiger partial charge in [-0.1, -0.05) is 17.7 Å². The van der Waals surface area contributed by atoms with Crippen molar-refractivity contribution in [1.29, 1.82) is 0 Å². The van der Waals surface area contributed by atoms with Crippen molar-refractivity contribution >= 4 is 33.4 Å². The first-order chi connectivity index (χ1) is 12.7. The Labute approximate surface area is 164 Å². The van der Waals surface area contributed by atoms with Crippen molar-refractivity contribution in [1.82, 2.24) is 4.72 Å². The normalized spacial score (nSPS) is 12.4. The zero-order valence-electron chi connectivity index (χ0n) is 15.8. The summed E-state index contributed by atoms with van der Waals surface area (Å²) in [5, 5.41) is 2.66. The van der Waals surface area contributed by atoms with Gasteiger partial charge in [-0.15, -0.1) is 11.8 Å². The number of amides is 1. The minimum atomic E-state index is -3.74. The maximum absolute atomic E-state index is 12.7. The second kappa shape index (κ2) is 9.25. The Bertz CT molecular complexity index is 896. The molecule has 6 nitrogen and oxygen atoms in total. The summed E-state index contributed by atoms with van der Waals surface area (Å²) >= 11 is 1.43. The van der Waals surface area contributed by atoms with Crippen molar-refractivity contribution in [3.05, 3.63) is 48.0 Å². The molecule has 0 aliphatic heterocycles. The molecule has 1 amide bonds. The van der Waals surface area contributed by atoms with Crippen molar-refractivity contribution < 1.29 is 17.9 Å². The minimum Gasteiger partial charge on any atom is -0.492 e. The first-order valence-electron chi connectivity index (χ1n) is 8.38. The lowest BCUT2D eigenvalue weighted by molar-refractivity contribution is -0.114. The van der Waals surface area contributed by atoms with Crippen LogP contribution in [0.5, 0.6) is 5.75 Å². The van der Waals surface area contributed by atoms with Crippen LogP contribution in [0.15, 0.2) is 52.3 Å². The standard InChI is InChI=1S/C19H24N2O4S2/c1-13-5-7-16(8-6-13)25-12-14(2)21-27(23,24)17-9-10-19(26-4)18(11-17)20-15(3)22/h5-11,14,21H,12H2,1-4H3,(H,20,22). The third-order valence-electron chi connectivity index (χ3n) is 3.67. The van der Waals surface area contributed by atoms with Gasteiger partial charge in [0.05, 0.1) is 16.6 Å². The summed E-state index contributed by atoms with van der Waals surface area (Å²) in [5.41, 5.74) is 1.60. The van der Waals surface area contributed by atoms with Crippen molar-refractivity contribution in [3.8, 4) is 5.75 Å². The lowest BCUT2D eigenvalue weighted by Crippen LogP contribution is -2.36. The fourth-order valence-corrected chi connectivity index (χ4v) is 4.15. The van der Waals surface area contributed by atoms with E-state index in [-0.39, 0.29) is 17.4 Å². The van der Waals surface area contributed by atoms with E-state index in [0.29, 0.717) is 11.4 Å². The predicted molar refractivity (Wildman–Crippen MR) is 109 cm³/mol. The van der Waals surface area contributed by atoms with Gasteiger partial charge < -0.3 is 10.1 Å². The van der Waals surface area contributed by atoms with E-state index in [1.165, 1.54) is 30.8 Å². The smallest absolute Gasteiger partial charge is 0.241 e. The SMILES string of the molecule is CSc1ccc(S(=O)(=O)NC(C)COc2ccc(C)cc2)cc1NC(C)=O. The molecule has 0 bridgehead atoms. The molecule has 0 radical (unpaired) electrons. The van der Waals surface area contributed by atoms with E-state index in [1.54, 1.807) is 13.0 Å². The summed E-state index contributed by atoms with van der Waals surface area (Å²) in [6.45, 7) is 5.30. The fraction of sp³-hybridized carbons (Fsp3) is 0.316. The molecule has 0 aliphatic carbocycles. The van der Waals surface area contributed by atoms with Crippen LogP contribution in [-0.4, -0.2) is 33.2 Å². The Balaban J connectivity index is 2.08. The molecule has 0 aliphatic rings. The molecule has 0 saturated carbocycles. The molecule has 1 atom stereocenters. The van der Waals surface area contributed by atoms with Crippen LogP contribution in [0.3, 0.4) is 0 Å². The molecular formula is C19H24N2O4S2. The quantitative estimate of drug-likeness (QED) is 0.654. The molecule has 0 spiro atoms. The van der Waals surface area contributed by atoms with E-state index in [4.69, 9.17) is 4.74 Å². The summed E-state index contributed by atoms with van der Waals surface area (Å²) in [6, 6.07) is 11.8. The number of aryl methyl sites for hydroxylation is 1. The molecule has 0 heterocycles. The summed E-state index contributed by atoms with van der Waals surface area (Å²) in [6.07, 6.45) is 1.86. The molecule has 2 N–H and O–H groups in total.